The second kappa shape index (κ2) is 4.30. The summed E-state index contributed by atoms with van der Waals surface area (Å²) in [5, 5.41) is 8.63. The van der Waals surface area contributed by atoms with Crippen LogP contribution in [0.2, 0.25) is 0 Å². The topological polar surface area (TPSA) is 65.4 Å². The van der Waals surface area contributed by atoms with Crippen LogP contribution < -0.4 is 0 Å². The van der Waals surface area contributed by atoms with Crippen molar-refractivity contribution in [1.29, 1.82) is 5.26 Å². The van der Waals surface area contributed by atoms with Crippen LogP contribution in [-0.2, 0) is 6.42 Å². The Morgan fingerprint density at radius 1 is 1.11 bits per heavy atom. The molecule has 4 nitrogen and oxygen atoms in total. The molecule has 0 radical (unpaired) electrons. The van der Waals surface area contributed by atoms with Crippen LogP contribution in [-0.4, -0.2) is 15.0 Å². The highest BCUT2D eigenvalue weighted by atomic mass is 14.9. The van der Waals surface area contributed by atoms with E-state index in [-0.39, 0.29) is 0 Å². The summed E-state index contributed by atoms with van der Waals surface area (Å²) in [6.07, 6.45) is 3.78. The smallest absolute Gasteiger partial charge is 0.156 e. The summed E-state index contributed by atoms with van der Waals surface area (Å²) in [4.78, 5) is 11.7. The molecule has 2 aromatic heterocycles. The molecular formula is C14H10N4. The second-order valence-corrected chi connectivity index (χ2v) is 4.01. The third-order valence-electron chi connectivity index (χ3n) is 2.81. The number of fused-ring (bicyclic) bond motifs is 1. The van der Waals surface area contributed by atoms with Crippen molar-refractivity contribution in [3.8, 4) is 17.3 Å². The highest BCUT2D eigenvalue weighted by Crippen LogP contribution is 2.22. The van der Waals surface area contributed by atoms with Crippen molar-refractivity contribution >= 4 is 11.2 Å². The van der Waals surface area contributed by atoms with Crippen molar-refractivity contribution in [3.05, 3.63) is 48.3 Å². The van der Waals surface area contributed by atoms with E-state index in [2.05, 4.69) is 21.0 Å². The summed E-state index contributed by atoms with van der Waals surface area (Å²) >= 11 is 0. The molecule has 3 rings (SSSR count). The first-order valence-corrected chi connectivity index (χ1v) is 5.63. The summed E-state index contributed by atoms with van der Waals surface area (Å²) in [5.41, 5.74) is 4.71. The number of nitriles is 1. The molecule has 0 saturated carbocycles. The molecule has 0 aliphatic heterocycles. The van der Waals surface area contributed by atoms with Gasteiger partial charge in [0.15, 0.2) is 5.65 Å². The van der Waals surface area contributed by atoms with Crippen LogP contribution in [0.3, 0.4) is 0 Å². The highest BCUT2D eigenvalue weighted by molar-refractivity contribution is 5.79. The number of rotatable bonds is 2. The van der Waals surface area contributed by atoms with Crippen LogP contribution in [0.4, 0.5) is 0 Å². The van der Waals surface area contributed by atoms with Gasteiger partial charge in [0.05, 0.1) is 12.5 Å². The molecule has 2 heterocycles. The van der Waals surface area contributed by atoms with Crippen molar-refractivity contribution in [1.82, 2.24) is 15.0 Å². The Kier molecular flexibility index (Phi) is 2.50. The first-order valence-electron chi connectivity index (χ1n) is 5.63. The lowest BCUT2D eigenvalue weighted by Crippen LogP contribution is -1.82. The van der Waals surface area contributed by atoms with Crippen molar-refractivity contribution in [3.63, 3.8) is 0 Å². The van der Waals surface area contributed by atoms with E-state index in [0.29, 0.717) is 6.42 Å². The number of aromatic nitrogens is 3. The van der Waals surface area contributed by atoms with E-state index in [0.717, 1.165) is 28.0 Å². The van der Waals surface area contributed by atoms with Crippen LogP contribution >= 0.6 is 0 Å². The van der Waals surface area contributed by atoms with Gasteiger partial charge in [-0.3, -0.25) is 4.98 Å². The monoisotopic (exact) mass is 234 g/mol. The highest BCUT2D eigenvalue weighted by Gasteiger charge is 2.04. The Hall–Kier alpha value is -2.67. The van der Waals surface area contributed by atoms with Gasteiger partial charge in [0.1, 0.15) is 5.52 Å². The average molecular weight is 234 g/mol. The van der Waals surface area contributed by atoms with Crippen LogP contribution in [0.25, 0.3) is 22.4 Å². The number of H-pyrrole nitrogens is 1. The largest absolute Gasteiger partial charge is 0.338 e. The van der Waals surface area contributed by atoms with Crippen molar-refractivity contribution < 1.29 is 0 Å². The minimum absolute atomic E-state index is 0.441. The van der Waals surface area contributed by atoms with Gasteiger partial charge in [-0.2, -0.15) is 5.26 Å². The van der Waals surface area contributed by atoms with Crippen LogP contribution in [0.5, 0.6) is 0 Å². The number of hydrogen-bond acceptors (Lipinski definition) is 3. The Morgan fingerprint density at radius 3 is 2.61 bits per heavy atom. The lowest BCUT2D eigenvalue weighted by atomic mass is 10.1. The van der Waals surface area contributed by atoms with E-state index >= 15 is 0 Å². The molecular weight excluding hydrogens is 224 g/mol. The SMILES string of the molecule is N#CCc1ccc(-c2cc3nccnc3[nH]2)cc1. The second-order valence-electron chi connectivity index (χ2n) is 4.01. The molecule has 4 heteroatoms. The molecule has 0 bridgehead atoms. The summed E-state index contributed by atoms with van der Waals surface area (Å²) in [6, 6.07) is 12.0. The molecule has 0 amide bonds. The van der Waals surface area contributed by atoms with Gasteiger partial charge < -0.3 is 4.98 Å². The van der Waals surface area contributed by atoms with E-state index in [1.165, 1.54) is 0 Å². The summed E-state index contributed by atoms with van der Waals surface area (Å²) in [6.45, 7) is 0. The fourth-order valence-corrected chi connectivity index (χ4v) is 1.90. The quantitative estimate of drug-likeness (QED) is 0.741. The zero-order valence-electron chi connectivity index (χ0n) is 9.59. The van der Waals surface area contributed by atoms with E-state index < -0.39 is 0 Å². The molecule has 3 aromatic rings. The summed E-state index contributed by atoms with van der Waals surface area (Å²) < 4.78 is 0. The molecule has 0 saturated heterocycles. The number of nitrogens with one attached hydrogen (secondary N) is 1. The van der Waals surface area contributed by atoms with Gasteiger partial charge in [-0.25, -0.2) is 4.98 Å². The first kappa shape index (κ1) is 10.5. The molecule has 1 aromatic carbocycles. The van der Waals surface area contributed by atoms with Crippen LogP contribution in [0.1, 0.15) is 5.56 Å². The van der Waals surface area contributed by atoms with E-state index in [9.17, 15) is 0 Å². The van der Waals surface area contributed by atoms with Gasteiger partial charge in [-0.05, 0) is 17.2 Å². The van der Waals surface area contributed by atoms with Gasteiger partial charge in [-0.1, -0.05) is 24.3 Å². The maximum absolute atomic E-state index is 8.63. The van der Waals surface area contributed by atoms with Crippen molar-refractivity contribution in [2.45, 2.75) is 6.42 Å². The molecule has 0 atom stereocenters. The lowest BCUT2D eigenvalue weighted by Gasteiger charge is -1.99. The van der Waals surface area contributed by atoms with Crippen molar-refractivity contribution in [2.75, 3.05) is 0 Å². The Balaban J connectivity index is 2.01. The predicted molar refractivity (Wildman–Crippen MR) is 68.6 cm³/mol. The van der Waals surface area contributed by atoms with E-state index in [1.54, 1.807) is 12.4 Å². The Morgan fingerprint density at radius 2 is 1.89 bits per heavy atom. The van der Waals surface area contributed by atoms with Crippen LogP contribution in [0.15, 0.2) is 42.7 Å². The van der Waals surface area contributed by atoms with Crippen molar-refractivity contribution in [2.24, 2.45) is 0 Å². The fourth-order valence-electron chi connectivity index (χ4n) is 1.90. The van der Waals surface area contributed by atoms with Crippen LogP contribution in [0, 0.1) is 11.3 Å². The third kappa shape index (κ3) is 1.82. The minimum atomic E-state index is 0.441. The van der Waals surface area contributed by atoms with E-state index in [1.807, 2.05) is 30.3 Å². The normalized spacial score (nSPS) is 10.4. The minimum Gasteiger partial charge on any atom is -0.338 e. The standard InChI is InChI=1S/C14H10N4/c15-6-5-10-1-3-11(4-2-10)12-9-13-14(18-12)17-8-7-16-13/h1-4,7-9H,5H2,(H,17,18). The number of nitrogens with zero attached hydrogens (tertiary/aromatic N) is 3. The first-order chi connectivity index (χ1) is 8.86. The predicted octanol–water partition coefficient (Wildman–Crippen LogP) is 2.69. The molecule has 0 spiro atoms. The van der Waals surface area contributed by atoms with Gasteiger partial charge >= 0.3 is 0 Å². The fraction of sp³-hybridized carbons (Fsp3) is 0.0714. The molecule has 86 valence electrons. The van der Waals surface area contributed by atoms with E-state index in [4.69, 9.17) is 5.26 Å². The molecule has 18 heavy (non-hydrogen) atoms. The average Bonchev–Trinajstić information content (AvgIpc) is 2.84. The number of aromatic amines is 1. The molecule has 0 fully saturated rings. The Bertz CT molecular complexity index is 686. The molecule has 1 N–H and O–H groups in total. The number of benzene rings is 1. The third-order valence-corrected chi connectivity index (χ3v) is 2.81. The maximum atomic E-state index is 8.63. The molecule has 0 aliphatic carbocycles. The zero-order chi connectivity index (χ0) is 12.4. The zero-order valence-corrected chi connectivity index (χ0v) is 9.59. The summed E-state index contributed by atoms with van der Waals surface area (Å²) in [5.74, 6) is 0. The maximum Gasteiger partial charge on any atom is 0.156 e. The Labute approximate surface area is 104 Å². The van der Waals surface area contributed by atoms with Gasteiger partial charge in [0, 0.05) is 18.1 Å². The van der Waals surface area contributed by atoms with Gasteiger partial charge in [0.2, 0.25) is 0 Å². The summed E-state index contributed by atoms with van der Waals surface area (Å²) in [7, 11) is 0. The lowest BCUT2D eigenvalue weighted by molar-refractivity contribution is 1.25. The van der Waals surface area contributed by atoms with Gasteiger partial charge in [0.25, 0.3) is 0 Å². The molecule has 0 aliphatic rings. The van der Waals surface area contributed by atoms with Gasteiger partial charge in [-0.15, -0.1) is 0 Å². The molecule has 0 unspecified atom stereocenters. The number of hydrogen-bond donors (Lipinski definition) is 1.